The van der Waals surface area contributed by atoms with Crippen molar-refractivity contribution in [3.05, 3.63) is 23.4 Å². The first kappa shape index (κ1) is 15.2. The topological polar surface area (TPSA) is 68.0 Å². The van der Waals surface area contributed by atoms with E-state index < -0.39 is 0 Å². The molecule has 1 fully saturated rings. The van der Waals surface area contributed by atoms with Crippen molar-refractivity contribution >= 4 is 17.2 Å². The zero-order valence-electron chi connectivity index (χ0n) is 12.7. The van der Waals surface area contributed by atoms with Gasteiger partial charge >= 0.3 is 0 Å². The molecule has 0 aromatic carbocycles. The van der Waals surface area contributed by atoms with E-state index in [4.69, 9.17) is 4.52 Å². The predicted octanol–water partition coefficient (Wildman–Crippen LogP) is 3.43. The van der Waals surface area contributed by atoms with Crippen LogP contribution in [0.25, 0.3) is 10.7 Å². The van der Waals surface area contributed by atoms with Gasteiger partial charge in [-0.05, 0) is 43.0 Å². The molecular weight excluding hydrogens is 298 g/mol. The van der Waals surface area contributed by atoms with E-state index in [1.54, 1.807) is 11.3 Å². The van der Waals surface area contributed by atoms with Crippen LogP contribution in [-0.2, 0) is 11.2 Å². The molecule has 22 heavy (non-hydrogen) atoms. The third-order valence-corrected chi connectivity index (χ3v) is 5.02. The smallest absolute Gasteiger partial charge is 0.227 e. The number of nitrogens with zero attached hydrogens (tertiary/aromatic N) is 2. The third-order valence-electron chi connectivity index (χ3n) is 4.16. The molecule has 6 heteroatoms. The number of hydrogen-bond donors (Lipinski definition) is 1. The molecule has 1 aliphatic rings. The number of carbonyl (C=O) groups is 1. The quantitative estimate of drug-likeness (QED) is 0.917. The SMILES string of the molecule is CC1CCC(NC(=O)CCc2nc(-c3cccs3)no2)CC1. The van der Waals surface area contributed by atoms with E-state index in [2.05, 4.69) is 22.4 Å². The van der Waals surface area contributed by atoms with Crippen molar-refractivity contribution in [1.82, 2.24) is 15.5 Å². The maximum Gasteiger partial charge on any atom is 0.227 e. The number of aromatic nitrogens is 2. The van der Waals surface area contributed by atoms with Gasteiger partial charge in [-0.3, -0.25) is 4.79 Å². The number of rotatable bonds is 5. The fourth-order valence-electron chi connectivity index (χ4n) is 2.79. The number of thiophene rings is 1. The lowest BCUT2D eigenvalue weighted by molar-refractivity contribution is -0.122. The van der Waals surface area contributed by atoms with E-state index in [0.717, 1.165) is 23.6 Å². The Kier molecular flexibility index (Phi) is 4.87. The molecule has 0 atom stereocenters. The Morgan fingerprint density at radius 2 is 2.23 bits per heavy atom. The van der Waals surface area contributed by atoms with Gasteiger partial charge in [0.2, 0.25) is 17.6 Å². The minimum atomic E-state index is 0.0791. The Hall–Kier alpha value is -1.69. The highest BCUT2D eigenvalue weighted by Crippen LogP contribution is 2.24. The van der Waals surface area contributed by atoms with E-state index in [1.165, 1.54) is 12.8 Å². The van der Waals surface area contributed by atoms with Crippen molar-refractivity contribution in [3.63, 3.8) is 0 Å². The van der Waals surface area contributed by atoms with E-state index >= 15 is 0 Å². The Labute approximate surface area is 134 Å². The number of nitrogens with one attached hydrogen (secondary N) is 1. The lowest BCUT2D eigenvalue weighted by atomic mass is 9.87. The second-order valence-electron chi connectivity index (χ2n) is 6.01. The van der Waals surface area contributed by atoms with Gasteiger partial charge in [0.15, 0.2) is 0 Å². The van der Waals surface area contributed by atoms with Gasteiger partial charge in [-0.2, -0.15) is 4.98 Å². The van der Waals surface area contributed by atoms with E-state index in [0.29, 0.717) is 30.6 Å². The maximum atomic E-state index is 12.0. The Morgan fingerprint density at radius 1 is 1.41 bits per heavy atom. The van der Waals surface area contributed by atoms with Gasteiger partial charge in [0.25, 0.3) is 0 Å². The normalized spacial score (nSPS) is 21.7. The molecular formula is C16H21N3O2S. The highest BCUT2D eigenvalue weighted by atomic mass is 32.1. The molecule has 0 spiro atoms. The monoisotopic (exact) mass is 319 g/mol. The molecule has 0 saturated heterocycles. The van der Waals surface area contributed by atoms with Crippen LogP contribution < -0.4 is 5.32 Å². The van der Waals surface area contributed by atoms with Crippen molar-refractivity contribution < 1.29 is 9.32 Å². The van der Waals surface area contributed by atoms with Crippen molar-refractivity contribution in [2.75, 3.05) is 0 Å². The van der Waals surface area contributed by atoms with Gasteiger partial charge in [0.05, 0.1) is 4.88 Å². The Balaban J connectivity index is 1.45. The van der Waals surface area contributed by atoms with E-state index in [9.17, 15) is 4.79 Å². The Bertz CT molecular complexity index is 601. The summed E-state index contributed by atoms with van der Waals surface area (Å²) in [5.41, 5.74) is 0. The van der Waals surface area contributed by atoms with Crippen LogP contribution in [0.5, 0.6) is 0 Å². The summed E-state index contributed by atoms with van der Waals surface area (Å²) >= 11 is 1.57. The van der Waals surface area contributed by atoms with Crippen molar-refractivity contribution in [2.45, 2.75) is 51.5 Å². The van der Waals surface area contributed by atoms with Crippen LogP contribution >= 0.6 is 11.3 Å². The highest BCUT2D eigenvalue weighted by molar-refractivity contribution is 7.13. The van der Waals surface area contributed by atoms with Gasteiger partial charge in [-0.25, -0.2) is 0 Å². The van der Waals surface area contributed by atoms with Crippen LogP contribution in [0.3, 0.4) is 0 Å². The summed E-state index contributed by atoms with van der Waals surface area (Å²) in [7, 11) is 0. The summed E-state index contributed by atoms with van der Waals surface area (Å²) in [6.45, 7) is 2.28. The average Bonchev–Trinajstić information content (AvgIpc) is 3.18. The fraction of sp³-hybridized carbons (Fsp3) is 0.562. The van der Waals surface area contributed by atoms with Gasteiger partial charge in [0.1, 0.15) is 0 Å². The summed E-state index contributed by atoms with van der Waals surface area (Å²) in [6, 6.07) is 4.25. The number of hydrogen-bond acceptors (Lipinski definition) is 5. The molecule has 1 N–H and O–H groups in total. The first-order chi connectivity index (χ1) is 10.7. The van der Waals surface area contributed by atoms with Crippen LogP contribution in [0.2, 0.25) is 0 Å². The third kappa shape index (κ3) is 3.94. The van der Waals surface area contributed by atoms with E-state index in [-0.39, 0.29) is 5.91 Å². The standard InChI is InChI=1S/C16H21N3O2S/c1-11-4-6-12(7-5-11)17-14(20)8-9-15-18-16(19-21-15)13-3-2-10-22-13/h2-3,10-12H,4-9H2,1H3,(H,17,20). The molecule has 0 unspecified atom stereocenters. The predicted molar refractivity (Wildman–Crippen MR) is 85.5 cm³/mol. The van der Waals surface area contributed by atoms with Gasteiger partial charge < -0.3 is 9.84 Å². The number of aryl methyl sites for hydroxylation is 1. The first-order valence-corrected chi connectivity index (χ1v) is 8.74. The zero-order chi connectivity index (χ0) is 15.4. The van der Waals surface area contributed by atoms with Crippen molar-refractivity contribution in [2.24, 2.45) is 5.92 Å². The zero-order valence-corrected chi connectivity index (χ0v) is 13.6. The van der Waals surface area contributed by atoms with E-state index in [1.807, 2.05) is 17.5 Å². The molecule has 5 nitrogen and oxygen atoms in total. The van der Waals surface area contributed by atoms with Crippen LogP contribution in [-0.4, -0.2) is 22.1 Å². The second kappa shape index (κ2) is 7.05. The van der Waals surface area contributed by atoms with Crippen LogP contribution in [0.1, 0.15) is 44.9 Å². The Morgan fingerprint density at radius 3 is 2.95 bits per heavy atom. The maximum absolute atomic E-state index is 12.0. The molecule has 2 aromatic heterocycles. The summed E-state index contributed by atoms with van der Waals surface area (Å²) in [5.74, 6) is 2.00. The molecule has 0 aliphatic heterocycles. The highest BCUT2D eigenvalue weighted by Gasteiger charge is 2.20. The second-order valence-corrected chi connectivity index (χ2v) is 6.96. The number of amides is 1. The minimum Gasteiger partial charge on any atom is -0.353 e. The molecule has 0 bridgehead atoms. The van der Waals surface area contributed by atoms with Crippen LogP contribution in [0.4, 0.5) is 0 Å². The lowest BCUT2D eigenvalue weighted by Gasteiger charge is -2.26. The summed E-state index contributed by atoms with van der Waals surface area (Å²) in [5, 5.41) is 9.05. The van der Waals surface area contributed by atoms with Crippen LogP contribution in [0.15, 0.2) is 22.0 Å². The van der Waals surface area contributed by atoms with Gasteiger partial charge in [-0.1, -0.05) is 18.1 Å². The molecule has 118 valence electrons. The fourth-order valence-corrected chi connectivity index (χ4v) is 3.44. The molecule has 1 aliphatic carbocycles. The summed E-state index contributed by atoms with van der Waals surface area (Å²) in [4.78, 5) is 17.3. The van der Waals surface area contributed by atoms with Gasteiger partial charge in [-0.15, -0.1) is 11.3 Å². The molecule has 2 heterocycles. The number of carbonyl (C=O) groups excluding carboxylic acids is 1. The van der Waals surface area contributed by atoms with Crippen molar-refractivity contribution in [3.8, 4) is 10.7 Å². The molecule has 1 saturated carbocycles. The molecule has 0 radical (unpaired) electrons. The van der Waals surface area contributed by atoms with Crippen LogP contribution in [0, 0.1) is 5.92 Å². The average molecular weight is 319 g/mol. The molecule has 2 aromatic rings. The molecule has 1 amide bonds. The largest absolute Gasteiger partial charge is 0.353 e. The van der Waals surface area contributed by atoms with Crippen molar-refractivity contribution in [1.29, 1.82) is 0 Å². The summed E-state index contributed by atoms with van der Waals surface area (Å²) < 4.78 is 5.21. The molecule has 3 rings (SSSR count). The lowest BCUT2D eigenvalue weighted by Crippen LogP contribution is -2.37. The minimum absolute atomic E-state index is 0.0791. The van der Waals surface area contributed by atoms with Gasteiger partial charge in [0, 0.05) is 18.9 Å². The first-order valence-electron chi connectivity index (χ1n) is 7.86. The summed E-state index contributed by atoms with van der Waals surface area (Å²) in [6.07, 6.45) is 5.50.